The first kappa shape index (κ1) is 25.8. The zero-order chi connectivity index (χ0) is 25.0. The van der Waals surface area contributed by atoms with Gasteiger partial charge in [0.2, 0.25) is 0 Å². The van der Waals surface area contributed by atoms with Crippen LogP contribution in [0, 0.1) is 6.92 Å². The first-order valence-corrected chi connectivity index (χ1v) is 10.6. The SMILES string of the molecule is Cc1cc([C@H](O)[C@@H](O)CO)cnc1C1=CCN(C(=O)Nc2ccc(OC(F)(F)F)c(Cl)c2)CC1. The predicted molar refractivity (Wildman–Crippen MR) is 118 cm³/mol. The number of ether oxygens (including phenoxy) is 1. The number of hydrogen-bond acceptors (Lipinski definition) is 6. The third kappa shape index (κ3) is 6.38. The molecule has 184 valence electrons. The molecule has 8 nitrogen and oxygen atoms in total. The van der Waals surface area contributed by atoms with Crippen molar-refractivity contribution in [2.75, 3.05) is 25.0 Å². The number of urea groups is 1. The Kier molecular flexibility index (Phi) is 8.03. The van der Waals surface area contributed by atoms with E-state index >= 15 is 0 Å². The topological polar surface area (TPSA) is 115 Å². The Hall–Kier alpha value is -2.86. The van der Waals surface area contributed by atoms with Crippen molar-refractivity contribution in [1.82, 2.24) is 9.88 Å². The van der Waals surface area contributed by atoms with Crippen LogP contribution in [0.5, 0.6) is 5.75 Å². The molecule has 1 aromatic carbocycles. The molecule has 1 aliphatic heterocycles. The lowest BCUT2D eigenvalue weighted by atomic mass is 9.98. The van der Waals surface area contributed by atoms with E-state index in [4.69, 9.17) is 16.7 Å². The number of carbonyl (C=O) groups excluding carboxylic acids is 1. The number of aromatic nitrogens is 1. The Morgan fingerprint density at radius 3 is 2.62 bits per heavy atom. The van der Waals surface area contributed by atoms with E-state index in [0.717, 1.165) is 17.2 Å². The van der Waals surface area contributed by atoms with Crippen molar-refractivity contribution in [3.05, 3.63) is 58.4 Å². The highest BCUT2D eigenvalue weighted by Crippen LogP contribution is 2.32. The maximum absolute atomic E-state index is 12.6. The summed E-state index contributed by atoms with van der Waals surface area (Å²) >= 11 is 5.81. The number of amides is 2. The number of halogens is 4. The molecular formula is C22H23ClF3N3O5. The van der Waals surface area contributed by atoms with Crippen LogP contribution in [-0.2, 0) is 0 Å². The number of benzene rings is 1. The van der Waals surface area contributed by atoms with E-state index in [1.165, 1.54) is 23.2 Å². The summed E-state index contributed by atoms with van der Waals surface area (Å²) in [6, 6.07) is 4.68. The Bertz CT molecular complexity index is 1080. The molecular weight excluding hydrogens is 479 g/mol. The fraction of sp³-hybridized carbons (Fsp3) is 0.364. The number of anilines is 1. The van der Waals surface area contributed by atoms with Crippen molar-refractivity contribution in [1.29, 1.82) is 0 Å². The van der Waals surface area contributed by atoms with E-state index in [1.807, 2.05) is 6.08 Å². The van der Waals surface area contributed by atoms with Crippen LogP contribution in [0.3, 0.4) is 0 Å². The molecule has 4 N–H and O–H groups in total. The summed E-state index contributed by atoms with van der Waals surface area (Å²) in [6.07, 6.45) is -3.67. The van der Waals surface area contributed by atoms with Crippen LogP contribution in [0.25, 0.3) is 5.57 Å². The summed E-state index contributed by atoms with van der Waals surface area (Å²) in [4.78, 5) is 18.4. The molecule has 0 bridgehead atoms. The van der Waals surface area contributed by atoms with Gasteiger partial charge in [-0.1, -0.05) is 17.7 Å². The minimum atomic E-state index is -4.87. The van der Waals surface area contributed by atoms with E-state index in [2.05, 4.69) is 15.0 Å². The minimum absolute atomic E-state index is 0.219. The highest BCUT2D eigenvalue weighted by molar-refractivity contribution is 6.32. The molecule has 0 unspecified atom stereocenters. The number of aliphatic hydroxyl groups is 3. The Morgan fingerprint density at radius 2 is 2.06 bits per heavy atom. The van der Waals surface area contributed by atoms with Crippen molar-refractivity contribution in [3.8, 4) is 5.75 Å². The number of aliphatic hydroxyl groups excluding tert-OH is 3. The molecule has 0 fully saturated rings. The quantitative estimate of drug-likeness (QED) is 0.480. The Labute approximate surface area is 198 Å². The lowest BCUT2D eigenvalue weighted by Gasteiger charge is -2.27. The third-order valence-corrected chi connectivity index (χ3v) is 5.50. The largest absolute Gasteiger partial charge is 0.573 e. The fourth-order valence-corrected chi connectivity index (χ4v) is 3.69. The van der Waals surface area contributed by atoms with E-state index in [9.17, 15) is 28.2 Å². The fourth-order valence-electron chi connectivity index (χ4n) is 3.47. The highest BCUT2D eigenvalue weighted by Gasteiger charge is 2.32. The van der Waals surface area contributed by atoms with Crippen LogP contribution in [-0.4, -0.2) is 63.4 Å². The molecule has 2 aromatic rings. The third-order valence-electron chi connectivity index (χ3n) is 5.20. The van der Waals surface area contributed by atoms with Gasteiger partial charge >= 0.3 is 12.4 Å². The lowest BCUT2D eigenvalue weighted by molar-refractivity contribution is -0.274. The summed E-state index contributed by atoms with van der Waals surface area (Å²) in [5, 5.41) is 30.9. The van der Waals surface area contributed by atoms with E-state index in [-0.39, 0.29) is 17.3 Å². The van der Waals surface area contributed by atoms with Gasteiger partial charge < -0.3 is 30.3 Å². The predicted octanol–water partition coefficient (Wildman–Crippen LogP) is 3.65. The van der Waals surface area contributed by atoms with Crippen molar-refractivity contribution >= 4 is 28.9 Å². The molecule has 34 heavy (non-hydrogen) atoms. The number of aryl methyl sites for hydroxylation is 1. The summed E-state index contributed by atoms with van der Waals surface area (Å²) < 4.78 is 40.9. The average Bonchev–Trinajstić information content (AvgIpc) is 2.79. The smallest absolute Gasteiger partial charge is 0.404 e. The zero-order valence-electron chi connectivity index (χ0n) is 18.0. The standard InChI is InChI=1S/C22H23ClF3N3O5/c1-12-8-14(20(32)17(31)11-30)10-27-19(12)13-4-6-29(7-5-13)21(33)28-15-2-3-18(16(23)9-15)34-22(24,25)26/h2-4,8-10,17,20,30-32H,5-7,11H2,1H3,(H,28,33)/t17-,20-/m0/s1. The van der Waals surface area contributed by atoms with Crippen molar-refractivity contribution in [3.63, 3.8) is 0 Å². The van der Waals surface area contributed by atoms with E-state index in [0.29, 0.717) is 24.2 Å². The second-order valence-corrected chi connectivity index (χ2v) is 8.08. The Morgan fingerprint density at radius 1 is 1.32 bits per heavy atom. The monoisotopic (exact) mass is 501 g/mol. The minimum Gasteiger partial charge on any atom is -0.404 e. The molecule has 0 saturated carbocycles. The van der Waals surface area contributed by atoms with Crippen molar-refractivity contribution < 1.29 is 38.0 Å². The van der Waals surface area contributed by atoms with Gasteiger partial charge in [-0.15, -0.1) is 13.2 Å². The van der Waals surface area contributed by atoms with Gasteiger partial charge in [-0.2, -0.15) is 0 Å². The molecule has 0 saturated heterocycles. The molecule has 3 rings (SSSR count). The summed E-state index contributed by atoms with van der Waals surface area (Å²) in [5.41, 5.74) is 2.96. The summed E-state index contributed by atoms with van der Waals surface area (Å²) in [6.45, 7) is 1.87. The molecule has 0 radical (unpaired) electrons. The van der Waals surface area contributed by atoms with Crippen LogP contribution in [0.1, 0.15) is 29.3 Å². The number of hydrogen-bond donors (Lipinski definition) is 4. The molecule has 0 aliphatic carbocycles. The second kappa shape index (κ2) is 10.6. The van der Waals surface area contributed by atoms with Crippen molar-refractivity contribution in [2.24, 2.45) is 0 Å². The van der Waals surface area contributed by atoms with Gasteiger partial charge in [0.25, 0.3) is 0 Å². The Balaban J connectivity index is 1.63. The first-order valence-electron chi connectivity index (χ1n) is 10.2. The molecule has 0 spiro atoms. The molecule has 12 heteroatoms. The van der Waals surface area contributed by atoms with Crippen LogP contribution in [0.2, 0.25) is 5.02 Å². The van der Waals surface area contributed by atoms with Gasteiger partial charge in [0.1, 0.15) is 18.0 Å². The normalized spacial score (nSPS) is 16.0. The van der Waals surface area contributed by atoms with Gasteiger partial charge in [0, 0.05) is 30.5 Å². The number of nitrogens with zero attached hydrogens (tertiary/aromatic N) is 2. The van der Waals surface area contributed by atoms with Crippen molar-refractivity contribution in [2.45, 2.75) is 31.9 Å². The number of rotatable bonds is 6. The summed E-state index contributed by atoms with van der Waals surface area (Å²) in [7, 11) is 0. The maximum Gasteiger partial charge on any atom is 0.573 e. The summed E-state index contributed by atoms with van der Waals surface area (Å²) in [5.74, 6) is -0.565. The van der Waals surface area contributed by atoms with Crippen LogP contribution in [0.4, 0.5) is 23.7 Å². The van der Waals surface area contributed by atoms with Gasteiger partial charge in [0.15, 0.2) is 0 Å². The number of alkyl halides is 3. The van der Waals surface area contributed by atoms with Gasteiger partial charge in [-0.3, -0.25) is 4.98 Å². The maximum atomic E-state index is 12.6. The van der Waals surface area contributed by atoms with Gasteiger partial charge in [-0.25, -0.2) is 4.79 Å². The molecule has 2 heterocycles. The number of pyridine rings is 1. The number of carbonyl (C=O) groups is 1. The lowest BCUT2D eigenvalue weighted by Crippen LogP contribution is -2.38. The highest BCUT2D eigenvalue weighted by atomic mass is 35.5. The molecule has 2 atom stereocenters. The van der Waals surface area contributed by atoms with Crippen LogP contribution < -0.4 is 10.1 Å². The van der Waals surface area contributed by atoms with Crippen LogP contribution in [0.15, 0.2) is 36.5 Å². The second-order valence-electron chi connectivity index (χ2n) is 7.68. The van der Waals surface area contributed by atoms with E-state index in [1.54, 1.807) is 13.0 Å². The zero-order valence-corrected chi connectivity index (χ0v) is 18.8. The van der Waals surface area contributed by atoms with E-state index < -0.39 is 37.0 Å². The van der Waals surface area contributed by atoms with Gasteiger partial charge in [-0.05, 0) is 48.7 Å². The van der Waals surface area contributed by atoms with Crippen LogP contribution >= 0.6 is 11.6 Å². The molecule has 2 amide bonds. The molecule has 1 aromatic heterocycles. The van der Waals surface area contributed by atoms with Gasteiger partial charge in [0.05, 0.1) is 17.3 Å². The first-order chi connectivity index (χ1) is 16.0. The average molecular weight is 502 g/mol. The number of nitrogens with one attached hydrogen (secondary N) is 1. The molecule has 1 aliphatic rings.